The minimum Gasteiger partial charge on any atom is -0.458 e. The Balaban J connectivity index is 2.46. The first-order valence-corrected chi connectivity index (χ1v) is 15.4. The van der Waals surface area contributed by atoms with Gasteiger partial charge in [-0.3, -0.25) is 4.79 Å². The lowest BCUT2D eigenvalue weighted by Gasteiger charge is -2.62. The second-order valence-electron chi connectivity index (χ2n) is 15.5. The van der Waals surface area contributed by atoms with Crippen LogP contribution in [0.3, 0.4) is 0 Å². The van der Waals surface area contributed by atoms with Crippen molar-refractivity contribution in [2.75, 3.05) is 6.61 Å². The van der Waals surface area contributed by atoms with Gasteiger partial charge in [0.2, 0.25) is 0 Å². The third kappa shape index (κ3) is 7.48. The molecule has 0 amide bonds. The van der Waals surface area contributed by atoms with Gasteiger partial charge in [0.15, 0.2) is 5.78 Å². The molecule has 2 aliphatic carbocycles. The van der Waals surface area contributed by atoms with Gasteiger partial charge in [-0.25, -0.2) is 4.79 Å². The van der Waals surface area contributed by atoms with Crippen LogP contribution in [0.2, 0.25) is 0 Å². The Bertz CT molecular complexity index is 1120. The largest absolute Gasteiger partial charge is 0.490 e. The molecule has 0 radical (unpaired) electrons. The van der Waals surface area contributed by atoms with E-state index >= 15 is 0 Å². The molecular weight excluding hydrogens is 543 g/mol. The summed E-state index contributed by atoms with van der Waals surface area (Å²) < 4.78 is 43.8. The number of nitrogens with zero attached hydrogens (tertiary/aromatic N) is 1. The Morgan fingerprint density at radius 3 is 2.14 bits per heavy atom. The van der Waals surface area contributed by atoms with E-state index in [1.807, 2.05) is 19.9 Å². The number of fused-ring (bicyclic) bond motifs is 1. The normalized spacial score (nSPS) is 30.0. The standard InChI is InChI=1S/C34H52F3NO4/c1-11-29(4,5)14-16-31(8,21-42-28(41)34(35,36)37)17-15-30(6,7)33(10)13-12-25-23(3)27(40)24(20-38)19-32(25,9)26(33)18-22(2)39/h19,23,25-26H,11-18,21H2,1-10H3/t23-,25-,26+,31-,32-,33+/m0/s1. The summed E-state index contributed by atoms with van der Waals surface area (Å²) >= 11 is 0. The van der Waals surface area contributed by atoms with Gasteiger partial charge in [0.05, 0.1) is 12.2 Å². The number of rotatable bonds is 12. The molecular formula is C34H52F3NO4. The second kappa shape index (κ2) is 12.4. The summed E-state index contributed by atoms with van der Waals surface area (Å²) in [5, 5.41) is 9.77. The summed E-state index contributed by atoms with van der Waals surface area (Å²) in [5.74, 6) is -2.69. The van der Waals surface area contributed by atoms with E-state index in [-0.39, 0.29) is 57.7 Å². The smallest absolute Gasteiger partial charge is 0.458 e. The van der Waals surface area contributed by atoms with Crippen LogP contribution in [0, 0.1) is 56.2 Å². The lowest BCUT2D eigenvalue weighted by molar-refractivity contribution is -0.203. The Labute approximate surface area is 251 Å². The maximum Gasteiger partial charge on any atom is 0.490 e. The number of alkyl halides is 3. The molecule has 1 fully saturated rings. The topological polar surface area (TPSA) is 84.2 Å². The number of allylic oxidation sites excluding steroid dienone is 2. The fourth-order valence-electron chi connectivity index (χ4n) is 7.63. The summed E-state index contributed by atoms with van der Waals surface area (Å²) in [4.78, 5) is 37.3. The first-order valence-electron chi connectivity index (χ1n) is 15.4. The Morgan fingerprint density at radius 2 is 1.64 bits per heavy atom. The van der Waals surface area contributed by atoms with Crippen molar-refractivity contribution in [2.24, 2.45) is 44.8 Å². The van der Waals surface area contributed by atoms with Gasteiger partial charge < -0.3 is 9.53 Å². The molecule has 0 unspecified atom stereocenters. The highest BCUT2D eigenvalue weighted by molar-refractivity contribution is 6.01. The van der Waals surface area contributed by atoms with E-state index < -0.39 is 23.0 Å². The van der Waals surface area contributed by atoms with Crippen LogP contribution in [0.15, 0.2) is 11.6 Å². The predicted molar refractivity (Wildman–Crippen MR) is 157 cm³/mol. The molecule has 0 aliphatic heterocycles. The first kappa shape index (κ1) is 36.0. The minimum atomic E-state index is -5.04. The first-order chi connectivity index (χ1) is 19.0. The van der Waals surface area contributed by atoms with Crippen molar-refractivity contribution in [3.63, 3.8) is 0 Å². The molecule has 0 bridgehead atoms. The number of hydrogen-bond donors (Lipinski definition) is 0. The molecule has 0 heterocycles. The van der Waals surface area contributed by atoms with Gasteiger partial charge >= 0.3 is 12.1 Å². The van der Waals surface area contributed by atoms with Gasteiger partial charge in [-0.1, -0.05) is 74.8 Å². The SMILES string of the molecule is CCC(C)(C)CC[C@@](C)(CCC(C)(C)[C@]1(C)CC[C@H]2[C@H](C)C(=O)C(C#N)=C[C@]2(C)[C@H]1CC(C)=O)COC(=O)C(F)(F)F. The molecule has 0 aromatic carbocycles. The maximum atomic E-state index is 13.0. The summed E-state index contributed by atoms with van der Waals surface area (Å²) in [7, 11) is 0. The van der Waals surface area contributed by atoms with Crippen LogP contribution in [-0.4, -0.2) is 30.3 Å². The summed E-state index contributed by atoms with van der Waals surface area (Å²) in [6.07, 6.45) is 2.16. The minimum absolute atomic E-state index is 0.00373. The van der Waals surface area contributed by atoms with Gasteiger partial charge in [0.25, 0.3) is 0 Å². The molecule has 8 heteroatoms. The monoisotopic (exact) mass is 595 g/mol. The van der Waals surface area contributed by atoms with Gasteiger partial charge in [-0.15, -0.1) is 0 Å². The van der Waals surface area contributed by atoms with E-state index in [0.29, 0.717) is 25.7 Å². The molecule has 2 rings (SSSR count). The van der Waals surface area contributed by atoms with Crippen LogP contribution >= 0.6 is 0 Å². The van der Waals surface area contributed by atoms with Gasteiger partial charge in [-0.2, -0.15) is 18.4 Å². The zero-order valence-corrected chi connectivity index (χ0v) is 27.4. The average molecular weight is 596 g/mol. The quantitative estimate of drug-likeness (QED) is 0.211. The Kier molecular flexibility index (Phi) is 10.7. The second-order valence-corrected chi connectivity index (χ2v) is 15.5. The van der Waals surface area contributed by atoms with E-state index in [1.165, 1.54) is 0 Å². The number of ether oxygens (including phenoxy) is 1. The van der Waals surface area contributed by atoms with Crippen LogP contribution in [-0.2, 0) is 19.1 Å². The van der Waals surface area contributed by atoms with Gasteiger partial charge in [0.1, 0.15) is 11.9 Å². The maximum absolute atomic E-state index is 13.0. The molecule has 238 valence electrons. The van der Waals surface area contributed by atoms with Crippen molar-refractivity contribution in [1.82, 2.24) is 0 Å². The summed E-state index contributed by atoms with van der Waals surface area (Å²) in [6.45, 7) is 20.0. The van der Waals surface area contributed by atoms with Gasteiger partial charge in [-0.05, 0) is 78.9 Å². The van der Waals surface area contributed by atoms with Crippen molar-refractivity contribution in [2.45, 2.75) is 127 Å². The number of Topliss-reactive ketones (excluding diaryl/α,β-unsaturated/α-hetero) is 2. The molecule has 0 spiro atoms. The fraction of sp³-hybridized carbons (Fsp3) is 0.824. The molecule has 0 aromatic rings. The number of halogens is 3. The van der Waals surface area contributed by atoms with E-state index in [0.717, 1.165) is 25.7 Å². The van der Waals surface area contributed by atoms with Crippen molar-refractivity contribution < 1.29 is 32.3 Å². The fourth-order valence-corrected chi connectivity index (χ4v) is 7.63. The highest BCUT2D eigenvalue weighted by atomic mass is 19.4. The lowest BCUT2D eigenvalue weighted by Crippen LogP contribution is -2.57. The van der Waals surface area contributed by atoms with Crippen molar-refractivity contribution in [3.05, 3.63) is 11.6 Å². The molecule has 2 aliphatic rings. The van der Waals surface area contributed by atoms with Crippen molar-refractivity contribution in [1.29, 1.82) is 5.26 Å². The highest BCUT2D eigenvalue weighted by Crippen LogP contribution is 2.66. The zero-order valence-electron chi connectivity index (χ0n) is 27.4. The number of nitriles is 1. The molecule has 0 saturated heterocycles. The number of carbonyl (C=O) groups excluding carboxylic acids is 3. The Morgan fingerprint density at radius 1 is 1.07 bits per heavy atom. The molecule has 42 heavy (non-hydrogen) atoms. The number of hydrogen-bond acceptors (Lipinski definition) is 5. The van der Waals surface area contributed by atoms with Crippen LogP contribution < -0.4 is 0 Å². The number of ketones is 2. The van der Waals surface area contributed by atoms with Gasteiger partial charge in [0, 0.05) is 17.8 Å². The predicted octanol–water partition coefficient (Wildman–Crippen LogP) is 8.81. The number of esters is 1. The summed E-state index contributed by atoms with van der Waals surface area (Å²) in [5.41, 5.74) is -1.77. The van der Waals surface area contributed by atoms with Crippen LogP contribution in [0.4, 0.5) is 13.2 Å². The third-order valence-corrected chi connectivity index (χ3v) is 11.7. The third-order valence-electron chi connectivity index (χ3n) is 11.7. The highest BCUT2D eigenvalue weighted by Gasteiger charge is 2.61. The lowest BCUT2D eigenvalue weighted by atomic mass is 9.41. The Hall–Kier alpha value is -2.17. The van der Waals surface area contributed by atoms with Crippen molar-refractivity contribution >= 4 is 17.5 Å². The van der Waals surface area contributed by atoms with Crippen LogP contribution in [0.5, 0.6) is 0 Å². The molecule has 5 nitrogen and oxygen atoms in total. The van der Waals surface area contributed by atoms with E-state index in [9.17, 15) is 32.8 Å². The van der Waals surface area contributed by atoms with E-state index in [2.05, 4.69) is 54.5 Å². The summed E-state index contributed by atoms with van der Waals surface area (Å²) in [6, 6.07) is 2.10. The molecule has 6 atom stereocenters. The van der Waals surface area contributed by atoms with Crippen LogP contribution in [0.25, 0.3) is 0 Å². The van der Waals surface area contributed by atoms with E-state index in [1.54, 1.807) is 6.92 Å². The average Bonchev–Trinajstić information content (AvgIpc) is 2.89. The molecule has 1 saturated carbocycles. The van der Waals surface area contributed by atoms with Crippen molar-refractivity contribution in [3.8, 4) is 6.07 Å². The molecule has 0 aromatic heterocycles. The van der Waals surface area contributed by atoms with Crippen LogP contribution in [0.1, 0.15) is 121 Å². The molecule has 0 N–H and O–H groups in total. The zero-order chi connectivity index (χ0) is 32.5. The van der Waals surface area contributed by atoms with E-state index in [4.69, 9.17) is 4.74 Å². The number of carbonyl (C=O) groups is 3.